The van der Waals surface area contributed by atoms with Crippen LogP contribution in [0.3, 0.4) is 0 Å². The van der Waals surface area contributed by atoms with Gasteiger partial charge < -0.3 is 19.0 Å². The molecule has 0 N–H and O–H groups in total. The van der Waals surface area contributed by atoms with E-state index in [1.165, 1.54) is 0 Å². The third-order valence-electron chi connectivity index (χ3n) is 0. The molecule has 0 aliphatic heterocycles. The van der Waals surface area contributed by atoms with Crippen molar-refractivity contribution in [2.75, 3.05) is 0 Å². The smallest absolute Gasteiger partial charge is 0.759 e. The van der Waals surface area contributed by atoms with Gasteiger partial charge in [-0.2, -0.15) is 0 Å². The summed E-state index contributed by atoms with van der Waals surface area (Å²) in [5.41, 5.74) is 0. The fourth-order valence-electron chi connectivity index (χ4n) is 0. The van der Waals surface area contributed by atoms with Crippen LogP contribution in [0.4, 0.5) is 0 Å². The summed E-state index contributed by atoms with van der Waals surface area (Å²) < 4.78 is 34.1. The van der Waals surface area contributed by atoms with Crippen molar-refractivity contribution in [1.29, 1.82) is 0 Å². The van der Waals surface area contributed by atoms with E-state index in [-0.39, 0.29) is 46.6 Å². The van der Waals surface area contributed by atoms with Crippen LogP contribution in [0.25, 0.3) is 0 Å². The van der Waals surface area contributed by atoms with Gasteiger partial charge in [0.05, 0.1) is 0 Å². The first-order valence-corrected chi connectivity index (χ1v) is 2.91. The van der Waals surface area contributed by atoms with Crippen LogP contribution in [0, 0.1) is 0 Å². The van der Waals surface area contributed by atoms with E-state index in [1.54, 1.807) is 0 Å². The Morgan fingerprint density at radius 1 is 1.27 bits per heavy atom. The summed E-state index contributed by atoms with van der Waals surface area (Å²) in [6, 6.07) is 0. The van der Waals surface area contributed by atoms with Crippen LogP contribution in [-0.2, 0) is 32.3 Å². The van der Waals surface area contributed by atoms with Gasteiger partial charge in [-0.1, -0.05) is 0 Å². The Labute approximate surface area is 96.7 Å². The molecule has 0 heterocycles. The standard InChI is InChI=1S/C2H4O2.Cu.Na.H2O4S/c1-2(3)4;;;1-5(2,3)4/h1H3,(H,3,4);;;(H2,1,2,3,4)/q;2*+1;/p-3. The molecule has 0 atom stereocenters. The Morgan fingerprint density at radius 2 is 1.27 bits per heavy atom. The van der Waals surface area contributed by atoms with Gasteiger partial charge in [0, 0.05) is 16.4 Å². The molecule has 0 fully saturated rings. The summed E-state index contributed by atoms with van der Waals surface area (Å²) >= 11 is 0. The summed E-state index contributed by atoms with van der Waals surface area (Å²) in [7, 11) is -5.17. The Balaban J connectivity index is -0.0000000383. The first-order valence-electron chi connectivity index (χ1n) is 1.57. The van der Waals surface area contributed by atoms with Crippen LogP contribution < -0.4 is 34.7 Å². The van der Waals surface area contributed by atoms with Gasteiger partial charge in [-0.3, -0.25) is 8.42 Å². The number of aliphatic carboxylic acids is 1. The van der Waals surface area contributed by atoms with Crippen LogP contribution in [0.5, 0.6) is 0 Å². The molecule has 0 rings (SSSR count). The van der Waals surface area contributed by atoms with Gasteiger partial charge in [-0.05, 0) is 6.92 Å². The van der Waals surface area contributed by atoms with E-state index in [2.05, 4.69) is 0 Å². The van der Waals surface area contributed by atoms with Gasteiger partial charge in [-0.15, -0.1) is 0 Å². The molecule has 0 unspecified atom stereocenters. The van der Waals surface area contributed by atoms with Gasteiger partial charge in [0.15, 0.2) is 0 Å². The zero-order valence-electron chi connectivity index (χ0n) is 5.66. The molecule has 0 bridgehead atoms. The van der Waals surface area contributed by atoms with E-state index in [4.69, 9.17) is 27.4 Å². The normalized spacial score (nSPS) is 7.55. The minimum Gasteiger partial charge on any atom is -0.759 e. The number of carboxylic acid groups (broad SMARTS) is 1. The second-order valence-electron chi connectivity index (χ2n) is 0.900. The predicted molar refractivity (Wildman–Crippen MR) is 21.2 cm³/mol. The number of carbonyl (C=O) groups excluding carboxylic acids is 1. The van der Waals surface area contributed by atoms with Crippen molar-refractivity contribution in [3.05, 3.63) is 0 Å². The maximum Gasteiger partial charge on any atom is 1.00 e. The maximum absolute atomic E-state index is 8.89. The van der Waals surface area contributed by atoms with Gasteiger partial charge in [0.25, 0.3) is 0 Å². The summed E-state index contributed by atoms with van der Waals surface area (Å²) in [5, 5.41) is 8.89. The average Bonchev–Trinajstić information content (AvgIpc) is 1.19. The Morgan fingerprint density at radius 3 is 1.27 bits per heavy atom. The summed E-state index contributed by atoms with van der Waals surface area (Å²) in [4.78, 5) is 8.89. The summed E-state index contributed by atoms with van der Waals surface area (Å²) in [6.07, 6.45) is 0. The topological polar surface area (TPSA) is 120 Å². The molecule has 0 aliphatic rings. The molecule has 0 radical (unpaired) electrons. The first-order chi connectivity index (χ1) is 3.73. The molecular weight excluding hydrogens is 239 g/mol. The Kier molecular flexibility index (Phi) is 22.4. The average molecular weight is 242 g/mol. The molecule has 0 aromatic carbocycles. The molecule has 6 nitrogen and oxygen atoms in total. The summed E-state index contributed by atoms with van der Waals surface area (Å²) in [6.45, 7) is 0.972. The van der Waals surface area contributed by atoms with Gasteiger partial charge in [0.1, 0.15) is 0 Å². The van der Waals surface area contributed by atoms with Crippen molar-refractivity contribution in [3.63, 3.8) is 0 Å². The van der Waals surface area contributed by atoms with E-state index in [0.717, 1.165) is 6.92 Å². The number of carbonyl (C=O) groups is 1. The third-order valence-corrected chi connectivity index (χ3v) is 0. The van der Waals surface area contributed by atoms with Gasteiger partial charge >= 0.3 is 46.6 Å². The van der Waals surface area contributed by atoms with Gasteiger partial charge in [-0.25, -0.2) is 0 Å². The number of carboxylic acids is 1. The minimum absolute atomic E-state index is 0. The van der Waals surface area contributed by atoms with E-state index in [0.29, 0.717) is 0 Å². The molecule has 0 aliphatic carbocycles. The molecule has 0 aromatic rings. The van der Waals surface area contributed by atoms with Crippen LogP contribution in [-0.4, -0.2) is 23.5 Å². The Hall–Kier alpha value is 0.859. The largest absolute Gasteiger partial charge is 1.00 e. The number of rotatable bonds is 0. The number of hydrogen-bond acceptors (Lipinski definition) is 6. The fourth-order valence-corrected chi connectivity index (χ4v) is 0. The van der Waals surface area contributed by atoms with E-state index in [9.17, 15) is 0 Å². The molecule has 0 saturated carbocycles. The molecule has 0 amide bonds. The number of hydrogen-bond donors (Lipinski definition) is 0. The zero-order chi connectivity index (χ0) is 8.08. The molecular formula is C2H3CuNaO6S-. The maximum atomic E-state index is 8.89. The van der Waals surface area contributed by atoms with Crippen molar-refractivity contribution in [2.45, 2.75) is 6.92 Å². The van der Waals surface area contributed by atoms with Crippen molar-refractivity contribution in [3.8, 4) is 0 Å². The van der Waals surface area contributed by atoms with Crippen molar-refractivity contribution < 1.29 is 74.1 Å². The second kappa shape index (κ2) is 10.9. The third kappa shape index (κ3) is 1150. The molecule has 0 spiro atoms. The predicted octanol–water partition coefficient (Wildman–Crippen LogP) is -5.58. The van der Waals surface area contributed by atoms with E-state index in [1.807, 2.05) is 0 Å². The van der Waals surface area contributed by atoms with Gasteiger partial charge in [0.2, 0.25) is 0 Å². The zero-order valence-corrected chi connectivity index (χ0v) is 9.42. The monoisotopic (exact) mass is 241 g/mol. The molecule has 0 saturated heterocycles. The van der Waals surface area contributed by atoms with Crippen molar-refractivity contribution in [1.82, 2.24) is 0 Å². The first kappa shape index (κ1) is 22.6. The summed E-state index contributed by atoms with van der Waals surface area (Å²) in [5.74, 6) is -1.08. The minimum atomic E-state index is -5.17. The van der Waals surface area contributed by atoms with Crippen molar-refractivity contribution in [2.24, 2.45) is 0 Å². The molecule has 0 aromatic heterocycles. The molecule has 66 valence electrons. The molecule has 9 heteroatoms. The quantitative estimate of drug-likeness (QED) is 0.237. The van der Waals surface area contributed by atoms with Crippen LogP contribution >= 0.6 is 0 Å². The van der Waals surface area contributed by atoms with Crippen molar-refractivity contribution >= 4 is 16.4 Å². The van der Waals surface area contributed by atoms with Crippen LogP contribution in [0.15, 0.2) is 0 Å². The second-order valence-corrected chi connectivity index (χ2v) is 1.72. The molecule has 11 heavy (non-hydrogen) atoms. The van der Waals surface area contributed by atoms with Crippen LogP contribution in [0.2, 0.25) is 0 Å². The fraction of sp³-hybridized carbons (Fsp3) is 0.500. The SMILES string of the molecule is CC(=O)[O-].O=S(=O)([O-])[O-].[Cu+].[Na+]. The Bertz CT molecular complexity index is 163. The van der Waals surface area contributed by atoms with Crippen LogP contribution in [0.1, 0.15) is 6.92 Å². The van der Waals surface area contributed by atoms with E-state index < -0.39 is 16.4 Å². The van der Waals surface area contributed by atoms with E-state index >= 15 is 0 Å².